The molecular formula is C16H10OS2. The topological polar surface area (TPSA) is 13.1 Å². The Morgan fingerprint density at radius 1 is 1.05 bits per heavy atom. The molecule has 1 nitrogen and oxygen atoms in total. The average Bonchev–Trinajstić information content (AvgIpc) is 2.47. The highest BCUT2D eigenvalue weighted by Crippen LogP contribution is 2.45. The molecule has 0 bridgehead atoms. The Morgan fingerprint density at radius 2 is 1.95 bits per heavy atom. The second-order valence-electron chi connectivity index (χ2n) is 4.54. The van der Waals surface area contributed by atoms with Crippen LogP contribution in [-0.4, -0.2) is 0 Å². The molecule has 2 heterocycles. The molecule has 1 aliphatic rings. The Morgan fingerprint density at radius 3 is 2.89 bits per heavy atom. The first kappa shape index (κ1) is 11.3. The number of hydrogen-bond donors (Lipinski definition) is 0. The Balaban J connectivity index is 2.18. The van der Waals surface area contributed by atoms with Gasteiger partial charge in [-0.3, -0.25) is 0 Å². The number of hydrogen-bond acceptors (Lipinski definition) is 3. The molecule has 0 atom stereocenters. The van der Waals surface area contributed by atoms with Gasteiger partial charge in [-0.05, 0) is 22.9 Å². The fraction of sp³-hybridized carbons (Fsp3) is 0.0625. The molecule has 3 heteroatoms. The molecule has 3 aromatic rings. The molecule has 0 fully saturated rings. The van der Waals surface area contributed by atoms with Crippen molar-refractivity contribution in [2.24, 2.45) is 0 Å². The Bertz CT molecular complexity index is 849. The van der Waals surface area contributed by atoms with E-state index in [4.69, 9.17) is 16.6 Å². The van der Waals surface area contributed by atoms with E-state index in [0.717, 1.165) is 21.6 Å². The molecule has 0 aliphatic carbocycles. The summed E-state index contributed by atoms with van der Waals surface area (Å²) in [5.41, 5.74) is 2.34. The third kappa shape index (κ3) is 1.66. The fourth-order valence-corrected chi connectivity index (χ4v) is 3.96. The van der Waals surface area contributed by atoms with E-state index in [1.807, 2.05) is 17.8 Å². The minimum atomic E-state index is 0.893. The Kier molecular flexibility index (Phi) is 2.50. The van der Waals surface area contributed by atoms with Crippen LogP contribution in [0.25, 0.3) is 22.1 Å². The molecule has 0 spiro atoms. The lowest BCUT2D eigenvalue weighted by atomic mass is 10.00. The van der Waals surface area contributed by atoms with E-state index in [2.05, 4.69) is 36.4 Å². The van der Waals surface area contributed by atoms with E-state index < -0.39 is 0 Å². The highest BCUT2D eigenvalue weighted by molar-refractivity contribution is 7.98. The summed E-state index contributed by atoms with van der Waals surface area (Å²) in [7, 11) is 0. The Hall–Kier alpha value is -1.58. The lowest BCUT2D eigenvalue weighted by Gasteiger charge is -2.19. The van der Waals surface area contributed by atoms with Gasteiger partial charge in [-0.1, -0.05) is 42.5 Å². The van der Waals surface area contributed by atoms with Gasteiger partial charge in [0.05, 0.1) is 6.26 Å². The van der Waals surface area contributed by atoms with Gasteiger partial charge in [0.15, 0.2) is 0 Å². The van der Waals surface area contributed by atoms with Gasteiger partial charge in [0.25, 0.3) is 0 Å². The van der Waals surface area contributed by atoms with Crippen LogP contribution in [0.1, 0.15) is 5.56 Å². The number of benzene rings is 2. The summed E-state index contributed by atoms with van der Waals surface area (Å²) >= 11 is 7.25. The van der Waals surface area contributed by atoms with Crippen LogP contribution in [0.3, 0.4) is 0 Å². The van der Waals surface area contributed by atoms with Crippen LogP contribution in [0.15, 0.2) is 58.0 Å². The molecular weight excluding hydrogens is 272 g/mol. The van der Waals surface area contributed by atoms with Gasteiger partial charge >= 0.3 is 0 Å². The van der Waals surface area contributed by atoms with Gasteiger partial charge in [-0.15, -0.1) is 11.8 Å². The molecule has 0 radical (unpaired) electrons. The van der Waals surface area contributed by atoms with Crippen LogP contribution in [0, 0.1) is 4.51 Å². The third-order valence-electron chi connectivity index (χ3n) is 3.47. The van der Waals surface area contributed by atoms with E-state index >= 15 is 0 Å². The van der Waals surface area contributed by atoms with E-state index in [1.165, 1.54) is 21.2 Å². The first-order chi connectivity index (χ1) is 9.34. The van der Waals surface area contributed by atoms with Gasteiger partial charge in [0.1, 0.15) is 5.76 Å². The monoisotopic (exact) mass is 282 g/mol. The summed E-state index contributed by atoms with van der Waals surface area (Å²) in [6.45, 7) is 0. The largest absolute Gasteiger partial charge is 0.464 e. The van der Waals surface area contributed by atoms with Crippen molar-refractivity contribution in [3.63, 3.8) is 0 Å². The highest BCUT2D eigenvalue weighted by atomic mass is 32.2. The fourth-order valence-electron chi connectivity index (χ4n) is 2.55. The predicted molar refractivity (Wildman–Crippen MR) is 82.0 cm³/mol. The van der Waals surface area contributed by atoms with Gasteiger partial charge in [-0.2, -0.15) is 0 Å². The number of rotatable bonds is 0. The summed E-state index contributed by atoms with van der Waals surface area (Å²) in [6.07, 6.45) is 1.70. The molecule has 0 amide bonds. The van der Waals surface area contributed by atoms with Crippen molar-refractivity contribution in [1.29, 1.82) is 0 Å². The van der Waals surface area contributed by atoms with Crippen molar-refractivity contribution in [3.8, 4) is 11.3 Å². The van der Waals surface area contributed by atoms with Crippen LogP contribution in [0.2, 0.25) is 0 Å². The van der Waals surface area contributed by atoms with Crippen LogP contribution in [0.4, 0.5) is 0 Å². The maximum Gasteiger partial charge on any atom is 0.140 e. The molecule has 19 heavy (non-hydrogen) atoms. The number of fused-ring (bicyclic) bond motifs is 5. The maximum absolute atomic E-state index is 5.79. The first-order valence-electron chi connectivity index (χ1n) is 6.10. The normalized spacial score (nSPS) is 13.1. The minimum Gasteiger partial charge on any atom is -0.464 e. The third-order valence-corrected chi connectivity index (χ3v) is 4.93. The summed E-state index contributed by atoms with van der Waals surface area (Å²) in [5.74, 6) is 1.84. The maximum atomic E-state index is 5.79. The molecule has 92 valence electrons. The first-order valence-corrected chi connectivity index (χ1v) is 7.49. The van der Waals surface area contributed by atoms with Crippen molar-refractivity contribution in [3.05, 3.63) is 58.8 Å². The predicted octanol–water partition coefficient (Wildman–Crippen LogP) is 5.43. The highest BCUT2D eigenvalue weighted by Gasteiger charge is 2.21. The van der Waals surface area contributed by atoms with Crippen molar-refractivity contribution in [2.75, 3.05) is 0 Å². The molecule has 4 rings (SSSR count). The zero-order valence-electron chi connectivity index (χ0n) is 10.1. The number of thioether (sulfide) groups is 1. The van der Waals surface area contributed by atoms with Gasteiger partial charge in [0, 0.05) is 26.3 Å². The van der Waals surface area contributed by atoms with Crippen molar-refractivity contribution < 1.29 is 4.42 Å². The van der Waals surface area contributed by atoms with Gasteiger partial charge < -0.3 is 4.42 Å². The van der Waals surface area contributed by atoms with E-state index in [9.17, 15) is 0 Å². The Labute approximate surface area is 120 Å². The quantitative estimate of drug-likeness (QED) is 0.510. The van der Waals surface area contributed by atoms with Crippen LogP contribution < -0.4 is 0 Å². The van der Waals surface area contributed by atoms with Crippen molar-refractivity contribution >= 4 is 34.8 Å². The molecule has 0 saturated carbocycles. The van der Waals surface area contributed by atoms with Crippen molar-refractivity contribution in [1.82, 2.24) is 0 Å². The molecule has 0 unspecified atom stereocenters. The average molecular weight is 282 g/mol. The van der Waals surface area contributed by atoms with Gasteiger partial charge in [0.2, 0.25) is 0 Å². The molecule has 1 aliphatic heterocycles. The summed E-state index contributed by atoms with van der Waals surface area (Å²) in [4.78, 5) is 1.27. The van der Waals surface area contributed by atoms with Crippen molar-refractivity contribution in [2.45, 2.75) is 10.6 Å². The van der Waals surface area contributed by atoms with Crippen LogP contribution in [0.5, 0.6) is 0 Å². The smallest absolute Gasteiger partial charge is 0.140 e. The van der Waals surface area contributed by atoms with E-state index in [-0.39, 0.29) is 0 Å². The summed E-state index contributed by atoms with van der Waals surface area (Å²) in [6, 6.07) is 14.6. The van der Waals surface area contributed by atoms with Crippen LogP contribution >= 0.6 is 24.0 Å². The van der Waals surface area contributed by atoms with E-state index in [0.29, 0.717) is 0 Å². The summed E-state index contributed by atoms with van der Waals surface area (Å²) in [5, 5.41) is 2.47. The molecule has 1 aromatic heterocycles. The van der Waals surface area contributed by atoms with E-state index in [1.54, 1.807) is 6.26 Å². The second kappa shape index (κ2) is 4.22. The molecule has 0 saturated heterocycles. The lowest BCUT2D eigenvalue weighted by Crippen LogP contribution is -1.97. The minimum absolute atomic E-state index is 0.893. The second-order valence-corrected chi connectivity index (χ2v) is 6.00. The zero-order chi connectivity index (χ0) is 12.8. The lowest BCUT2D eigenvalue weighted by molar-refractivity contribution is 0.559. The van der Waals surface area contributed by atoms with Crippen LogP contribution in [-0.2, 0) is 5.75 Å². The zero-order valence-corrected chi connectivity index (χ0v) is 11.7. The van der Waals surface area contributed by atoms with Gasteiger partial charge in [-0.25, -0.2) is 0 Å². The standard InChI is InChI=1S/C16H10OS2/c18-13-7-8-17-16-12(13)9-19-14-6-5-10-3-1-2-4-11(10)15(14)16/h1-8H,9H2. The molecule has 2 aromatic carbocycles. The molecule has 0 N–H and O–H groups in total. The SMILES string of the molecule is S=c1ccoc2c1CSc1ccc3ccccc3c1-2. The summed E-state index contributed by atoms with van der Waals surface area (Å²) < 4.78 is 6.68.